The van der Waals surface area contributed by atoms with Gasteiger partial charge in [-0.25, -0.2) is 4.39 Å². The third kappa shape index (κ3) is 2.55. The highest BCUT2D eigenvalue weighted by Crippen LogP contribution is 2.26. The number of nitrogens with one attached hydrogen (secondary N) is 1. The van der Waals surface area contributed by atoms with Gasteiger partial charge in [0.15, 0.2) is 0 Å². The first kappa shape index (κ1) is 11.9. The summed E-state index contributed by atoms with van der Waals surface area (Å²) in [5.74, 6) is -0.321. The number of nitrogens with zero attached hydrogens (tertiary/aromatic N) is 1. The van der Waals surface area contributed by atoms with E-state index in [0.717, 1.165) is 17.8 Å². The fraction of sp³-hybridized carbons (Fsp3) is 0.417. The lowest BCUT2D eigenvalue weighted by atomic mass is 10.0. The predicted octanol–water partition coefficient (Wildman–Crippen LogP) is 0.782. The van der Waals surface area contributed by atoms with Crippen molar-refractivity contribution in [2.75, 3.05) is 24.5 Å². The fourth-order valence-electron chi connectivity index (χ4n) is 2.02. The van der Waals surface area contributed by atoms with Crippen LogP contribution >= 0.6 is 0 Å². The van der Waals surface area contributed by atoms with Crippen LogP contribution in [0.4, 0.5) is 10.1 Å². The largest absolute Gasteiger partial charge is 0.360 e. The van der Waals surface area contributed by atoms with Crippen molar-refractivity contribution >= 4 is 11.6 Å². The molecule has 1 atom stereocenters. The monoisotopic (exact) mass is 237 g/mol. The number of amides is 1. The zero-order valence-corrected chi connectivity index (χ0v) is 9.74. The summed E-state index contributed by atoms with van der Waals surface area (Å²) in [6.45, 7) is 3.43. The Hall–Kier alpha value is -1.62. The van der Waals surface area contributed by atoms with Crippen molar-refractivity contribution < 1.29 is 9.18 Å². The molecule has 17 heavy (non-hydrogen) atoms. The first-order chi connectivity index (χ1) is 8.08. The molecule has 92 valence electrons. The number of rotatable bonds is 2. The van der Waals surface area contributed by atoms with Crippen LogP contribution in [0.5, 0.6) is 0 Å². The molecule has 1 fully saturated rings. The Morgan fingerprint density at radius 2 is 2.29 bits per heavy atom. The van der Waals surface area contributed by atoms with Crippen LogP contribution in [-0.4, -0.2) is 25.5 Å². The number of benzene rings is 1. The van der Waals surface area contributed by atoms with E-state index in [-0.39, 0.29) is 17.8 Å². The molecule has 1 aliphatic heterocycles. The Bertz CT molecular complexity index is 434. The summed E-state index contributed by atoms with van der Waals surface area (Å²) in [5, 5.41) is 2.76. The van der Waals surface area contributed by atoms with Crippen LogP contribution in [0, 0.1) is 5.82 Å². The minimum atomic E-state index is -0.303. The molecular weight excluding hydrogens is 221 g/mol. The molecule has 1 aliphatic rings. The summed E-state index contributed by atoms with van der Waals surface area (Å²) >= 11 is 0. The summed E-state index contributed by atoms with van der Waals surface area (Å²) in [6, 6.07) is 4.26. The SMILES string of the molecule is C[C@H](N)c1cc(F)ccc1N1CCNC(=O)C1. The van der Waals surface area contributed by atoms with Gasteiger partial charge < -0.3 is 16.0 Å². The number of nitrogens with two attached hydrogens (primary N) is 1. The number of carbonyl (C=O) groups excluding carboxylic acids is 1. The van der Waals surface area contributed by atoms with Gasteiger partial charge in [-0.3, -0.25) is 4.79 Å². The van der Waals surface area contributed by atoms with E-state index >= 15 is 0 Å². The van der Waals surface area contributed by atoms with E-state index in [1.54, 1.807) is 6.07 Å². The summed E-state index contributed by atoms with van der Waals surface area (Å²) in [6.07, 6.45) is 0. The van der Waals surface area contributed by atoms with Gasteiger partial charge in [-0.05, 0) is 30.7 Å². The van der Waals surface area contributed by atoms with Crippen LogP contribution in [0.1, 0.15) is 18.5 Å². The highest BCUT2D eigenvalue weighted by atomic mass is 19.1. The van der Waals surface area contributed by atoms with Crippen LogP contribution < -0.4 is 16.0 Å². The third-order valence-corrected chi connectivity index (χ3v) is 2.86. The highest BCUT2D eigenvalue weighted by Gasteiger charge is 2.20. The second-order valence-corrected chi connectivity index (χ2v) is 4.26. The van der Waals surface area contributed by atoms with Crippen molar-refractivity contribution in [1.29, 1.82) is 0 Å². The molecule has 0 aliphatic carbocycles. The Labute approximate surface area is 99.6 Å². The number of carbonyl (C=O) groups is 1. The van der Waals surface area contributed by atoms with Crippen molar-refractivity contribution in [2.24, 2.45) is 5.73 Å². The average molecular weight is 237 g/mol. The van der Waals surface area contributed by atoms with Crippen molar-refractivity contribution in [1.82, 2.24) is 5.32 Å². The minimum absolute atomic E-state index is 0.0174. The minimum Gasteiger partial charge on any atom is -0.360 e. The van der Waals surface area contributed by atoms with E-state index in [1.807, 2.05) is 11.8 Å². The highest BCUT2D eigenvalue weighted by molar-refractivity contribution is 5.83. The number of hydrogen-bond acceptors (Lipinski definition) is 3. The van der Waals surface area contributed by atoms with Crippen LogP contribution in [0.25, 0.3) is 0 Å². The van der Waals surface area contributed by atoms with E-state index in [4.69, 9.17) is 5.73 Å². The Kier molecular flexibility index (Phi) is 3.28. The molecule has 5 heteroatoms. The van der Waals surface area contributed by atoms with Gasteiger partial charge in [-0.15, -0.1) is 0 Å². The molecule has 1 aromatic rings. The third-order valence-electron chi connectivity index (χ3n) is 2.86. The maximum Gasteiger partial charge on any atom is 0.239 e. The molecule has 0 saturated carbocycles. The summed E-state index contributed by atoms with van der Waals surface area (Å²) in [5.41, 5.74) is 7.41. The second-order valence-electron chi connectivity index (χ2n) is 4.26. The Morgan fingerprint density at radius 1 is 1.53 bits per heavy atom. The van der Waals surface area contributed by atoms with Crippen molar-refractivity contribution in [3.05, 3.63) is 29.6 Å². The topological polar surface area (TPSA) is 58.4 Å². The molecule has 1 aromatic carbocycles. The Morgan fingerprint density at radius 3 is 2.94 bits per heavy atom. The molecule has 0 unspecified atom stereocenters. The summed E-state index contributed by atoms with van der Waals surface area (Å²) in [4.78, 5) is 13.3. The quantitative estimate of drug-likeness (QED) is 0.799. The van der Waals surface area contributed by atoms with Crippen LogP contribution in [-0.2, 0) is 4.79 Å². The van der Waals surface area contributed by atoms with Crippen LogP contribution in [0.3, 0.4) is 0 Å². The van der Waals surface area contributed by atoms with Gasteiger partial charge in [0.25, 0.3) is 0 Å². The maximum atomic E-state index is 13.2. The van der Waals surface area contributed by atoms with Crippen molar-refractivity contribution in [3.8, 4) is 0 Å². The van der Waals surface area contributed by atoms with E-state index < -0.39 is 0 Å². The second kappa shape index (κ2) is 4.71. The standard InChI is InChI=1S/C12H16FN3O/c1-8(14)10-6-9(13)2-3-11(10)16-5-4-15-12(17)7-16/h2-3,6,8H,4-5,7,14H2,1H3,(H,15,17)/t8-/m0/s1. The van der Waals surface area contributed by atoms with E-state index in [2.05, 4.69) is 5.32 Å². The number of halogens is 1. The average Bonchev–Trinajstić information content (AvgIpc) is 2.28. The molecule has 1 amide bonds. The molecule has 0 bridgehead atoms. The van der Waals surface area contributed by atoms with Crippen LogP contribution in [0.15, 0.2) is 18.2 Å². The van der Waals surface area contributed by atoms with Gasteiger partial charge in [0.2, 0.25) is 5.91 Å². The molecule has 4 nitrogen and oxygen atoms in total. The Balaban J connectivity index is 2.33. The van der Waals surface area contributed by atoms with Gasteiger partial charge in [0, 0.05) is 24.8 Å². The molecule has 3 N–H and O–H groups in total. The number of hydrogen-bond donors (Lipinski definition) is 2. The zero-order valence-electron chi connectivity index (χ0n) is 9.74. The predicted molar refractivity (Wildman–Crippen MR) is 64.2 cm³/mol. The zero-order chi connectivity index (χ0) is 12.4. The van der Waals surface area contributed by atoms with E-state index in [1.165, 1.54) is 12.1 Å². The van der Waals surface area contributed by atoms with Gasteiger partial charge in [0.05, 0.1) is 6.54 Å². The van der Waals surface area contributed by atoms with Gasteiger partial charge in [-0.1, -0.05) is 0 Å². The van der Waals surface area contributed by atoms with Crippen LogP contribution in [0.2, 0.25) is 0 Å². The lowest BCUT2D eigenvalue weighted by Gasteiger charge is -2.31. The lowest BCUT2D eigenvalue weighted by molar-refractivity contribution is -0.120. The first-order valence-electron chi connectivity index (χ1n) is 5.64. The molecule has 1 saturated heterocycles. The molecule has 0 radical (unpaired) electrons. The van der Waals surface area contributed by atoms with Crippen molar-refractivity contribution in [2.45, 2.75) is 13.0 Å². The van der Waals surface area contributed by atoms with Crippen molar-refractivity contribution in [3.63, 3.8) is 0 Å². The lowest BCUT2D eigenvalue weighted by Crippen LogP contribution is -2.48. The van der Waals surface area contributed by atoms with Gasteiger partial charge in [0.1, 0.15) is 5.82 Å². The molecule has 0 aromatic heterocycles. The van der Waals surface area contributed by atoms with E-state index in [0.29, 0.717) is 13.1 Å². The smallest absolute Gasteiger partial charge is 0.239 e. The number of piperazine rings is 1. The molecule has 0 spiro atoms. The number of anilines is 1. The first-order valence-corrected chi connectivity index (χ1v) is 5.64. The summed E-state index contributed by atoms with van der Waals surface area (Å²) in [7, 11) is 0. The van der Waals surface area contributed by atoms with E-state index in [9.17, 15) is 9.18 Å². The van der Waals surface area contributed by atoms with Gasteiger partial charge in [-0.2, -0.15) is 0 Å². The normalized spacial score (nSPS) is 17.8. The summed E-state index contributed by atoms with van der Waals surface area (Å²) < 4.78 is 13.2. The fourth-order valence-corrected chi connectivity index (χ4v) is 2.02. The van der Waals surface area contributed by atoms with Gasteiger partial charge >= 0.3 is 0 Å². The maximum absolute atomic E-state index is 13.2. The molecule has 1 heterocycles. The molecular formula is C12H16FN3O. The molecule has 2 rings (SSSR count).